The number of fused-ring (bicyclic) bond motifs is 1. The fourth-order valence-corrected chi connectivity index (χ4v) is 2.16. The standard InChI is InChI=1S/C14H20N2O2/c1-9(2)12(7-15)16-14(17)11-8-18-13-6-4-3-5-10(11)13/h3-6,9,11-12H,7-8,15H2,1-2H3,(H,16,17). The second-order valence-electron chi connectivity index (χ2n) is 5.00. The number of nitrogens with two attached hydrogens (primary N) is 1. The Morgan fingerprint density at radius 2 is 2.22 bits per heavy atom. The molecule has 1 heterocycles. The van der Waals surface area contributed by atoms with Gasteiger partial charge in [0.1, 0.15) is 18.3 Å². The summed E-state index contributed by atoms with van der Waals surface area (Å²) in [6.07, 6.45) is 0. The van der Waals surface area contributed by atoms with E-state index in [9.17, 15) is 4.79 Å². The highest BCUT2D eigenvalue weighted by molar-refractivity contribution is 5.85. The SMILES string of the molecule is CC(C)C(CN)NC(=O)C1COc2ccccc21. The first-order valence-electron chi connectivity index (χ1n) is 6.35. The molecule has 2 unspecified atom stereocenters. The van der Waals surface area contributed by atoms with Crippen LogP contribution in [0.5, 0.6) is 5.75 Å². The van der Waals surface area contributed by atoms with Gasteiger partial charge in [0, 0.05) is 18.2 Å². The van der Waals surface area contributed by atoms with Crippen LogP contribution in [0.1, 0.15) is 25.3 Å². The zero-order valence-electron chi connectivity index (χ0n) is 10.8. The highest BCUT2D eigenvalue weighted by Crippen LogP contribution is 2.33. The molecule has 0 spiro atoms. The van der Waals surface area contributed by atoms with Gasteiger partial charge in [0.25, 0.3) is 0 Å². The molecule has 0 aromatic heterocycles. The van der Waals surface area contributed by atoms with E-state index in [-0.39, 0.29) is 17.9 Å². The molecule has 1 aromatic carbocycles. The molecule has 1 aliphatic heterocycles. The van der Waals surface area contributed by atoms with Crippen LogP contribution in [0.3, 0.4) is 0 Å². The van der Waals surface area contributed by atoms with Gasteiger partial charge in [-0.1, -0.05) is 32.0 Å². The number of benzene rings is 1. The summed E-state index contributed by atoms with van der Waals surface area (Å²) in [7, 11) is 0. The largest absolute Gasteiger partial charge is 0.492 e. The van der Waals surface area contributed by atoms with Gasteiger partial charge in [-0.2, -0.15) is 0 Å². The van der Waals surface area contributed by atoms with Crippen molar-refractivity contribution < 1.29 is 9.53 Å². The lowest BCUT2D eigenvalue weighted by molar-refractivity contribution is -0.123. The number of carbonyl (C=O) groups is 1. The summed E-state index contributed by atoms with van der Waals surface area (Å²) >= 11 is 0. The first-order chi connectivity index (χ1) is 8.63. The first-order valence-corrected chi connectivity index (χ1v) is 6.35. The fraction of sp³-hybridized carbons (Fsp3) is 0.500. The second kappa shape index (κ2) is 5.40. The number of amides is 1. The minimum Gasteiger partial charge on any atom is -0.492 e. The topological polar surface area (TPSA) is 64.3 Å². The molecule has 98 valence electrons. The molecule has 0 bridgehead atoms. The van der Waals surface area contributed by atoms with E-state index in [1.807, 2.05) is 24.3 Å². The summed E-state index contributed by atoms with van der Waals surface area (Å²) < 4.78 is 5.52. The minimum absolute atomic E-state index is 0.00380. The average molecular weight is 248 g/mol. The first kappa shape index (κ1) is 12.9. The predicted molar refractivity (Wildman–Crippen MR) is 70.5 cm³/mol. The molecule has 0 radical (unpaired) electrons. The molecule has 0 aliphatic carbocycles. The third-order valence-electron chi connectivity index (χ3n) is 3.40. The van der Waals surface area contributed by atoms with Crippen molar-refractivity contribution in [1.82, 2.24) is 5.32 Å². The van der Waals surface area contributed by atoms with Crippen LogP contribution >= 0.6 is 0 Å². The Balaban J connectivity index is 2.07. The van der Waals surface area contributed by atoms with Gasteiger partial charge in [-0.25, -0.2) is 0 Å². The number of carbonyl (C=O) groups excluding carboxylic acids is 1. The number of rotatable bonds is 4. The van der Waals surface area contributed by atoms with E-state index in [2.05, 4.69) is 19.2 Å². The second-order valence-corrected chi connectivity index (χ2v) is 5.00. The predicted octanol–water partition coefficient (Wildman–Crippen LogP) is 1.26. The van der Waals surface area contributed by atoms with Gasteiger partial charge < -0.3 is 15.8 Å². The van der Waals surface area contributed by atoms with Gasteiger partial charge in [0.15, 0.2) is 0 Å². The molecule has 0 fully saturated rings. The Morgan fingerprint density at radius 3 is 2.89 bits per heavy atom. The van der Waals surface area contributed by atoms with E-state index in [0.717, 1.165) is 11.3 Å². The minimum atomic E-state index is -0.214. The molecule has 1 aliphatic rings. The average Bonchev–Trinajstić information content (AvgIpc) is 2.79. The lowest BCUT2D eigenvalue weighted by atomic mass is 9.98. The van der Waals surface area contributed by atoms with Crippen LogP contribution in [0.4, 0.5) is 0 Å². The van der Waals surface area contributed by atoms with Crippen LogP contribution in [-0.4, -0.2) is 25.1 Å². The van der Waals surface area contributed by atoms with Gasteiger partial charge in [-0.15, -0.1) is 0 Å². The Labute approximate surface area is 108 Å². The van der Waals surface area contributed by atoms with E-state index in [1.54, 1.807) is 0 Å². The van der Waals surface area contributed by atoms with Crippen molar-refractivity contribution in [3.63, 3.8) is 0 Å². The molecule has 3 N–H and O–H groups in total. The molecular weight excluding hydrogens is 228 g/mol. The molecule has 1 aromatic rings. The number of nitrogens with one attached hydrogen (secondary N) is 1. The zero-order valence-corrected chi connectivity index (χ0v) is 10.8. The number of hydrogen-bond acceptors (Lipinski definition) is 3. The van der Waals surface area contributed by atoms with Crippen LogP contribution in [0.15, 0.2) is 24.3 Å². The summed E-state index contributed by atoms with van der Waals surface area (Å²) in [6, 6.07) is 7.70. The molecule has 0 saturated heterocycles. The van der Waals surface area contributed by atoms with Crippen LogP contribution < -0.4 is 15.8 Å². The summed E-state index contributed by atoms with van der Waals surface area (Å²) in [6.45, 7) is 4.98. The Hall–Kier alpha value is -1.55. The molecular formula is C14H20N2O2. The molecule has 4 nitrogen and oxygen atoms in total. The summed E-state index contributed by atoms with van der Waals surface area (Å²) in [4.78, 5) is 12.2. The zero-order chi connectivity index (χ0) is 13.1. The van der Waals surface area contributed by atoms with E-state index in [1.165, 1.54) is 0 Å². The quantitative estimate of drug-likeness (QED) is 0.843. The monoisotopic (exact) mass is 248 g/mol. The highest BCUT2D eigenvalue weighted by Gasteiger charge is 2.31. The normalized spacial score (nSPS) is 19.2. The van der Waals surface area contributed by atoms with E-state index < -0.39 is 0 Å². The van der Waals surface area contributed by atoms with Crippen molar-refractivity contribution in [2.24, 2.45) is 11.7 Å². The van der Waals surface area contributed by atoms with E-state index >= 15 is 0 Å². The van der Waals surface area contributed by atoms with Crippen LogP contribution in [0.25, 0.3) is 0 Å². The smallest absolute Gasteiger partial charge is 0.231 e. The third kappa shape index (κ3) is 2.48. The van der Waals surface area contributed by atoms with Crippen LogP contribution in [0.2, 0.25) is 0 Å². The van der Waals surface area contributed by atoms with Gasteiger partial charge in [0.2, 0.25) is 5.91 Å². The number of para-hydroxylation sites is 1. The fourth-order valence-electron chi connectivity index (χ4n) is 2.16. The molecule has 1 amide bonds. The Kier molecular flexibility index (Phi) is 3.87. The van der Waals surface area contributed by atoms with Crippen LogP contribution in [0, 0.1) is 5.92 Å². The lowest BCUT2D eigenvalue weighted by Crippen LogP contribution is -2.45. The van der Waals surface area contributed by atoms with Gasteiger partial charge in [-0.3, -0.25) is 4.79 Å². The van der Waals surface area contributed by atoms with Crippen molar-refractivity contribution in [2.75, 3.05) is 13.2 Å². The van der Waals surface area contributed by atoms with E-state index in [0.29, 0.717) is 19.1 Å². The summed E-state index contributed by atoms with van der Waals surface area (Å²) in [5.74, 6) is 0.932. The maximum atomic E-state index is 12.2. The Bertz CT molecular complexity index is 432. The molecule has 2 atom stereocenters. The number of ether oxygens (including phenoxy) is 1. The van der Waals surface area contributed by atoms with Crippen molar-refractivity contribution in [1.29, 1.82) is 0 Å². The van der Waals surface area contributed by atoms with Crippen molar-refractivity contribution in [3.8, 4) is 5.75 Å². The maximum absolute atomic E-state index is 12.2. The molecule has 2 rings (SSSR count). The number of hydrogen-bond donors (Lipinski definition) is 2. The Morgan fingerprint density at radius 1 is 1.50 bits per heavy atom. The maximum Gasteiger partial charge on any atom is 0.231 e. The van der Waals surface area contributed by atoms with Crippen molar-refractivity contribution in [2.45, 2.75) is 25.8 Å². The summed E-state index contributed by atoms with van der Waals surface area (Å²) in [5, 5.41) is 3.01. The highest BCUT2D eigenvalue weighted by atomic mass is 16.5. The van der Waals surface area contributed by atoms with Gasteiger partial charge in [0.05, 0.1) is 0 Å². The van der Waals surface area contributed by atoms with Gasteiger partial charge >= 0.3 is 0 Å². The third-order valence-corrected chi connectivity index (χ3v) is 3.40. The molecule has 18 heavy (non-hydrogen) atoms. The lowest BCUT2D eigenvalue weighted by Gasteiger charge is -2.22. The van der Waals surface area contributed by atoms with Gasteiger partial charge in [-0.05, 0) is 12.0 Å². The van der Waals surface area contributed by atoms with Crippen molar-refractivity contribution >= 4 is 5.91 Å². The van der Waals surface area contributed by atoms with Crippen molar-refractivity contribution in [3.05, 3.63) is 29.8 Å². The van der Waals surface area contributed by atoms with E-state index in [4.69, 9.17) is 10.5 Å². The molecule has 0 saturated carbocycles. The van der Waals surface area contributed by atoms with Crippen LogP contribution in [-0.2, 0) is 4.79 Å². The molecule has 4 heteroatoms. The summed E-state index contributed by atoms with van der Waals surface area (Å²) in [5.41, 5.74) is 6.64.